The van der Waals surface area contributed by atoms with Gasteiger partial charge in [-0.1, -0.05) is 18.1 Å². The van der Waals surface area contributed by atoms with Gasteiger partial charge in [0, 0.05) is 11.7 Å². The van der Waals surface area contributed by atoms with Crippen LogP contribution in [0.25, 0.3) is 0 Å². The number of amides is 1. The van der Waals surface area contributed by atoms with Crippen LogP contribution in [0.4, 0.5) is 18.9 Å². The molecule has 1 aliphatic carbocycles. The Balaban J connectivity index is 2.04. The van der Waals surface area contributed by atoms with Crippen molar-refractivity contribution in [2.24, 2.45) is 5.92 Å². The number of aryl methyl sites for hydroxylation is 1. The lowest BCUT2D eigenvalue weighted by Gasteiger charge is -2.31. The van der Waals surface area contributed by atoms with Crippen molar-refractivity contribution in [1.29, 1.82) is 0 Å². The number of anilines is 1. The highest BCUT2D eigenvalue weighted by Crippen LogP contribution is 2.37. The third-order valence-electron chi connectivity index (χ3n) is 3.93. The minimum absolute atomic E-state index is 0.0546. The second-order valence-electron chi connectivity index (χ2n) is 5.67. The lowest BCUT2D eigenvalue weighted by Crippen LogP contribution is -2.41. The van der Waals surface area contributed by atoms with Crippen molar-refractivity contribution in [2.75, 3.05) is 5.73 Å². The largest absolute Gasteiger partial charge is 0.398 e. The summed E-state index contributed by atoms with van der Waals surface area (Å²) in [7, 11) is 0. The molecule has 1 amide bonds. The normalized spacial score (nSPS) is 22.9. The van der Waals surface area contributed by atoms with Crippen LogP contribution in [0.3, 0.4) is 0 Å². The number of benzene rings is 1. The molecule has 1 saturated carbocycles. The maximum atomic E-state index is 12.8. The molecule has 2 rings (SSSR count). The number of nitrogen functional groups attached to an aromatic ring is 1. The molecule has 0 aromatic heterocycles. The second-order valence-corrected chi connectivity index (χ2v) is 5.67. The van der Waals surface area contributed by atoms with Gasteiger partial charge in [-0.2, -0.15) is 13.2 Å². The van der Waals surface area contributed by atoms with Gasteiger partial charge in [0.15, 0.2) is 0 Å². The number of rotatable bonds is 2. The van der Waals surface area contributed by atoms with Crippen molar-refractivity contribution >= 4 is 11.6 Å². The van der Waals surface area contributed by atoms with Gasteiger partial charge in [0.1, 0.15) is 0 Å². The molecule has 1 aromatic rings. The topological polar surface area (TPSA) is 55.1 Å². The van der Waals surface area contributed by atoms with Gasteiger partial charge in [-0.25, -0.2) is 0 Å². The third-order valence-corrected chi connectivity index (χ3v) is 3.93. The van der Waals surface area contributed by atoms with Gasteiger partial charge >= 0.3 is 6.18 Å². The summed E-state index contributed by atoms with van der Waals surface area (Å²) < 4.78 is 38.3. The summed E-state index contributed by atoms with van der Waals surface area (Å²) in [6.45, 7) is 1.83. The van der Waals surface area contributed by atoms with Crippen LogP contribution in [0, 0.1) is 12.8 Å². The summed E-state index contributed by atoms with van der Waals surface area (Å²) in [6, 6.07) is 4.61. The van der Waals surface area contributed by atoms with Crippen molar-refractivity contribution in [2.45, 2.75) is 44.8 Å². The van der Waals surface area contributed by atoms with Crippen molar-refractivity contribution in [1.82, 2.24) is 5.32 Å². The Morgan fingerprint density at radius 3 is 2.71 bits per heavy atom. The number of hydrogen-bond acceptors (Lipinski definition) is 2. The Morgan fingerprint density at radius 2 is 2.05 bits per heavy atom. The smallest absolute Gasteiger partial charge is 0.391 e. The fraction of sp³-hybridized carbons (Fsp3) is 0.533. The maximum absolute atomic E-state index is 12.8. The molecule has 1 fully saturated rings. The summed E-state index contributed by atoms with van der Waals surface area (Å²) in [4.78, 5) is 12.2. The number of alkyl halides is 3. The molecule has 3 N–H and O–H groups in total. The van der Waals surface area contributed by atoms with E-state index in [-0.39, 0.29) is 12.8 Å². The first kappa shape index (κ1) is 15.7. The van der Waals surface area contributed by atoms with Crippen LogP contribution in [0.1, 0.15) is 41.6 Å². The van der Waals surface area contributed by atoms with Crippen molar-refractivity contribution < 1.29 is 18.0 Å². The van der Waals surface area contributed by atoms with E-state index < -0.39 is 24.0 Å². The van der Waals surface area contributed by atoms with E-state index in [4.69, 9.17) is 5.73 Å². The zero-order valence-corrected chi connectivity index (χ0v) is 11.8. The van der Waals surface area contributed by atoms with E-state index in [9.17, 15) is 18.0 Å². The van der Waals surface area contributed by atoms with E-state index in [0.29, 0.717) is 24.1 Å². The van der Waals surface area contributed by atoms with Crippen LogP contribution < -0.4 is 11.1 Å². The molecule has 3 nitrogen and oxygen atoms in total. The first-order valence-corrected chi connectivity index (χ1v) is 7.01. The van der Waals surface area contributed by atoms with Crippen LogP contribution >= 0.6 is 0 Å². The van der Waals surface area contributed by atoms with Crippen LogP contribution in [0.2, 0.25) is 0 Å². The summed E-state index contributed by atoms with van der Waals surface area (Å²) in [6.07, 6.45) is -3.06. The van der Waals surface area contributed by atoms with Gasteiger partial charge < -0.3 is 11.1 Å². The minimum atomic E-state index is -4.19. The summed E-state index contributed by atoms with van der Waals surface area (Å²) in [5.41, 5.74) is 7.29. The van der Waals surface area contributed by atoms with Crippen LogP contribution in [-0.4, -0.2) is 18.1 Å². The molecule has 0 aliphatic heterocycles. The number of halogens is 3. The Bertz CT molecular complexity index is 528. The molecule has 0 spiro atoms. The van der Waals surface area contributed by atoms with Crippen molar-refractivity contribution in [3.05, 3.63) is 29.3 Å². The molecule has 1 aromatic carbocycles. The molecule has 116 valence electrons. The molecule has 2 atom stereocenters. The quantitative estimate of drug-likeness (QED) is 0.822. The lowest BCUT2D eigenvalue weighted by atomic mass is 9.85. The molecule has 0 bridgehead atoms. The number of carbonyl (C=O) groups is 1. The summed E-state index contributed by atoms with van der Waals surface area (Å²) in [5.74, 6) is -1.73. The van der Waals surface area contributed by atoms with Crippen molar-refractivity contribution in [3.63, 3.8) is 0 Å². The highest BCUT2D eigenvalue weighted by Gasteiger charge is 2.42. The predicted molar refractivity (Wildman–Crippen MR) is 74.9 cm³/mol. The fourth-order valence-corrected chi connectivity index (χ4v) is 2.75. The van der Waals surface area contributed by atoms with E-state index in [1.54, 1.807) is 18.2 Å². The first-order valence-electron chi connectivity index (χ1n) is 7.01. The zero-order chi connectivity index (χ0) is 15.6. The van der Waals surface area contributed by atoms with Crippen LogP contribution in [0.15, 0.2) is 18.2 Å². The zero-order valence-electron chi connectivity index (χ0n) is 11.8. The average Bonchev–Trinajstić information content (AvgIpc) is 2.41. The van der Waals surface area contributed by atoms with E-state index in [1.165, 1.54) is 0 Å². The second kappa shape index (κ2) is 5.95. The molecular weight excluding hydrogens is 281 g/mol. The van der Waals surface area contributed by atoms with Gasteiger partial charge in [0.25, 0.3) is 5.91 Å². The molecular formula is C15H19F3N2O. The number of nitrogens with two attached hydrogens (primary N) is 1. The SMILES string of the molecule is Cc1ccc(N)c(C(=O)NC2CCCC(C(F)(F)F)C2)c1. The Hall–Kier alpha value is -1.72. The molecule has 0 saturated heterocycles. The van der Waals surface area contributed by atoms with E-state index in [0.717, 1.165) is 5.56 Å². The molecule has 2 unspecified atom stereocenters. The number of nitrogens with one attached hydrogen (secondary N) is 1. The number of carbonyl (C=O) groups excluding carboxylic acids is 1. The summed E-state index contributed by atoms with van der Waals surface area (Å²) in [5, 5.41) is 2.69. The maximum Gasteiger partial charge on any atom is 0.391 e. The van der Waals surface area contributed by atoms with Gasteiger partial charge in [0.2, 0.25) is 0 Å². The average molecular weight is 300 g/mol. The molecule has 1 aliphatic rings. The fourth-order valence-electron chi connectivity index (χ4n) is 2.75. The third kappa shape index (κ3) is 3.89. The van der Waals surface area contributed by atoms with Crippen molar-refractivity contribution in [3.8, 4) is 0 Å². The highest BCUT2D eigenvalue weighted by molar-refractivity contribution is 5.99. The Labute approximate surface area is 121 Å². The predicted octanol–water partition coefficient (Wildman–Crippen LogP) is 3.43. The Kier molecular flexibility index (Phi) is 4.44. The van der Waals surface area contributed by atoms with Crippen LogP contribution in [-0.2, 0) is 0 Å². The molecule has 0 radical (unpaired) electrons. The molecule has 6 heteroatoms. The Morgan fingerprint density at radius 1 is 1.33 bits per heavy atom. The summed E-state index contributed by atoms with van der Waals surface area (Å²) >= 11 is 0. The van der Waals surface area contributed by atoms with E-state index in [2.05, 4.69) is 5.32 Å². The molecule has 21 heavy (non-hydrogen) atoms. The van der Waals surface area contributed by atoms with E-state index >= 15 is 0 Å². The monoisotopic (exact) mass is 300 g/mol. The number of hydrogen-bond donors (Lipinski definition) is 2. The highest BCUT2D eigenvalue weighted by atomic mass is 19.4. The van der Waals surface area contributed by atoms with Gasteiger partial charge in [-0.05, 0) is 38.3 Å². The minimum Gasteiger partial charge on any atom is -0.398 e. The van der Waals surface area contributed by atoms with Gasteiger partial charge in [0.05, 0.1) is 11.5 Å². The van der Waals surface area contributed by atoms with Crippen LogP contribution in [0.5, 0.6) is 0 Å². The standard InChI is InChI=1S/C15H19F3N2O/c1-9-5-6-13(19)12(7-9)14(21)20-11-4-2-3-10(8-11)15(16,17)18/h5-7,10-11H,2-4,8,19H2,1H3,(H,20,21). The first-order chi connectivity index (χ1) is 9.77. The lowest BCUT2D eigenvalue weighted by molar-refractivity contribution is -0.183. The van der Waals surface area contributed by atoms with Gasteiger partial charge in [-0.3, -0.25) is 4.79 Å². The molecule has 0 heterocycles. The van der Waals surface area contributed by atoms with E-state index in [1.807, 2.05) is 6.92 Å². The van der Waals surface area contributed by atoms with Gasteiger partial charge in [-0.15, -0.1) is 0 Å².